The van der Waals surface area contributed by atoms with Crippen molar-refractivity contribution in [1.82, 2.24) is 4.90 Å². The summed E-state index contributed by atoms with van der Waals surface area (Å²) in [5, 5.41) is 0. The van der Waals surface area contributed by atoms with Crippen LogP contribution in [0, 0.1) is 17.5 Å². The summed E-state index contributed by atoms with van der Waals surface area (Å²) in [6.07, 6.45) is 0.437. The van der Waals surface area contributed by atoms with Gasteiger partial charge in [0, 0.05) is 32.3 Å². The minimum absolute atomic E-state index is 0.0886. The van der Waals surface area contributed by atoms with Crippen molar-refractivity contribution in [2.75, 3.05) is 14.2 Å². The summed E-state index contributed by atoms with van der Waals surface area (Å²) < 4.78 is 44.6. The predicted molar refractivity (Wildman–Crippen MR) is 68.5 cm³/mol. The molecule has 1 atom stereocenters. The van der Waals surface area contributed by atoms with E-state index in [1.54, 1.807) is 13.8 Å². The molecule has 0 radical (unpaired) electrons. The molecule has 1 amide bonds. The molecule has 0 N–H and O–H groups in total. The molecule has 20 heavy (non-hydrogen) atoms. The van der Waals surface area contributed by atoms with Gasteiger partial charge in [0.2, 0.25) is 0 Å². The van der Waals surface area contributed by atoms with Crippen LogP contribution >= 0.6 is 0 Å². The summed E-state index contributed by atoms with van der Waals surface area (Å²) in [7, 11) is 2.86. The first kappa shape index (κ1) is 16.5. The van der Waals surface area contributed by atoms with Crippen LogP contribution in [0.5, 0.6) is 0 Å². The number of carbonyl (C=O) groups excluding carboxylic acids is 1. The zero-order valence-electron chi connectivity index (χ0n) is 12.0. The number of rotatable bonds is 5. The molecule has 0 heterocycles. The number of halogens is 3. The lowest BCUT2D eigenvalue weighted by Crippen LogP contribution is -2.46. The van der Waals surface area contributed by atoms with E-state index in [9.17, 15) is 18.0 Å². The molecule has 1 aromatic carbocycles. The fraction of sp³-hybridized carbons (Fsp3) is 0.500. The minimum Gasteiger partial charge on any atom is -0.369 e. The summed E-state index contributed by atoms with van der Waals surface area (Å²) >= 11 is 0. The second-order valence-corrected chi connectivity index (χ2v) is 4.81. The van der Waals surface area contributed by atoms with Gasteiger partial charge in [-0.3, -0.25) is 4.79 Å². The molecule has 0 bridgehead atoms. The number of hydrogen-bond donors (Lipinski definition) is 0. The van der Waals surface area contributed by atoms with E-state index in [0.717, 1.165) is 6.07 Å². The molecule has 0 aliphatic carbocycles. The third-order valence-electron chi connectivity index (χ3n) is 3.42. The zero-order chi connectivity index (χ0) is 15.5. The molecule has 0 saturated heterocycles. The van der Waals surface area contributed by atoms with Crippen LogP contribution in [0.15, 0.2) is 12.1 Å². The largest absolute Gasteiger partial charge is 0.369 e. The average molecular weight is 289 g/mol. The van der Waals surface area contributed by atoms with E-state index in [-0.39, 0.29) is 18.0 Å². The van der Waals surface area contributed by atoms with Gasteiger partial charge in [-0.2, -0.15) is 0 Å². The Kier molecular flexibility index (Phi) is 5.16. The molecule has 0 spiro atoms. The van der Waals surface area contributed by atoms with Crippen molar-refractivity contribution in [3.63, 3.8) is 0 Å². The van der Waals surface area contributed by atoms with Gasteiger partial charge in [0.15, 0.2) is 11.6 Å². The lowest BCUT2D eigenvalue weighted by molar-refractivity contribution is -0.152. The quantitative estimate of drug-likeness (QED) is 0.780. The monoisotopic (exact) mass is 289 g/mol. The number of methoxy groups -OCH3 is 1. The van der Waals surface area contributed by atoms with Gasteiger partial charge in [-0.1, -0.05) is 6.92 Å². The molecule has 0 aliphatic heterocycles. The molecule has 3 nitrogen and oxygen atoms in total. The van der Waals surface area contributed by atoms with Crippen LogP contribution in [0.4, 0.5) is 13.2 Å². The Labute approximate surface area is 116 Å². The molecule has 112 valence electrons. The molecule has 1 unspecified atom stereocenters. The van der Waals surface area contributed by atoms with Crippen molar-refractivity contribution in [3.8, 4) is 0 Å². The van der Waals surface area contributed by atoms with Crippen LogP contribution in [0.2, 0.25) is 0 Å². The third-order valence-corrected chi connectivity index (χ3v) is 3.42. The van der Waals surface area contributed by atoms with E-state index < -0.39 is 23.1 Å². The number of carbonyl (C=O) groups is 1. The van der Waals surface area contributed by atoms with Crippen molar-refractivity contribution in [3.05, 3.63) is 35.1 Å². The molecule has 0 fully saturated rings. The van der Waals surface area contributed by atoms with Crippen molar-refractivity contribution in [1.29, 1.82) is 0 Å². The van der Waals surface area contributed by atoms with Crippen molar-refractivity contribution in [2.24, 2.45) is 0 Å². The maximum Gasteiger partial charge on any atom is 0.254 e. The summed E-state index contributed by atoms with van der Waals surface area (Å²) in [6, 6.07) is 1.23. The molecule has 6 heteroatoms. The topological polar surface area (TPSA) is 29.5 Å². The van der Waals surface area contributed by atoms with Crippen molar-refractivity contribution in [2.45, 2.75) is 32.4 Å². The summed E-state index contributed by atoms with van der Waals surface area (Å²) in [5.74, 6) is -3.64. The molecule has 0 aromatic heterocycles. The van der Waals surface area contributed by atoms with Gasteiger partial charge < -0.3 is 9.64 Å². The third kappa shape index (κ3) is 3.30. The minimum atomic E-state index is -1.25. The fourth-order valence-electron chi connectivity index (χ4n) is 1.80. The SMILES string of the molecule is CCC(C)(OC)C(=O)N(C)Cc1cc(F)c(F)cc1F. The van der Waals surface area contributed by atoms with Crippen LogP contribution in [0.3, 0.4) is 0 Å². The van der Waals surface area contributed by atoms with E-state index in [1.807, 2.05) is 0 Å². The molecule has 1 aromatic rings. The van der Waals surface area contributed by atoms with Crippen molar-refractivity contribution < 1.29 is 22.7 Å². The number of nitrogens with zero attached hydrogens (tertiary/aromatic N) is 1. The Hall–Kier alpha value is -1.56. The van der Waals surface area contributed by atoms with Gasteiger partial charge in [0.25, 0.3) is 5.91 Å². The lowest BCUT2D eigenvalue weighted by Gasteiger charge is -2.30. The highest BCUT2D eigenvalue weighted by Crippen LogP contribution is 2.20. The highest BCUT2D eigenvalue weighted by atomic mass is 19.2. The van der Waals surface area contributed by atoms with Crippen LogP contribution in [0.1, 0.15) is 25.8 Å². The maximum atomic E-state index is 13.5. The lowest BCUT2D eigenvalue weighted by atomic mass is 10.0. The highest BCUT2D eigenvalue weighted by Gasteiger charge is 2.33. The highest BCUT2D eigenvalue weighted by molar-refractivity contribution is 5.84. The average Bonchev–Trinajstić information content (AvgIpc) is 2.42. The van der Waals surface area contributed by atoms with Crippen LogP contribution in [-0.4, -0.2) is 30.6 Å². The van der Waals surface area contributed by atoms with Gasteiger partial charge in [-0.05, 0) is 19.4 Å². The van der Waals surface area contributed by atoms with Gasteiger partial charge in [-0.25, -0.2) is 13.2 Å². The van der Waals surface area contributed by atoms with Crippen LogP contribution in [-0.2, 0) is 16.1 Å². The smallest absolute Gasteiger partial charge is 0.254 e. The second kappa shape index (κ2) is 6.26. The summed E-state index contributed by atoms with van der Waals surface area (Å²) in [4.78, 5) is 13.4. The first-order valence-corrected chi connectivity index (χ1v) is 6.19. The van der Waals surface area contributed by atoms with Gasteiger partial charge >= 0.3 is 0 Å². The first-order valence-electron chi connectivity index (χ1n) is 6.19. The number of likely N-dealkylation sites (N-methyl/N-ethyl adjacent to an activating group) is 1. The predicted octanol–water partition coefficient (Wildman–Crippen LogP) is 2.88. The Bertz CT molecular complexity index is 501. The van der Waals surface area contributed by atoms with Crippen LogP contribution in [0.25, 0.3) is 0 Å². The molecule has 1 rings (SSSR count). The Morgan fingerprint density at radius 3 is 2.30 bits per heavy atom. The fourth-order valence-corrected chi connectivity index (χ4v) is 1.80. The van der Waals surface area contributed by atoms with Crippen molar-refractivity contribution >= 4 is 5.91 Å². The molecule has 0 saturated carbocycles. The Morgan fingerprint density at radius 1 is 1.25 bits per heavy atom. The number of ether oxygens (including phenoxy) is 1. The maximum absolute atomic E-state index is 13.5. The second-order valence-electron chi connectivity index (χ2n) is 4.81. The van der Waals surface area contributed by atoms with Gasteiger partial charge in [0.05, 0.1) is 0 Å². The van der Waals surface area contributed by atoms with E-state index in [2.05, 4.69) is 0 Å². The van der Waals surface area contributed by atoms with E-state index in [4.69, 9.17) is 4.74 Å². The van der Waals surface area contributed by atoms with E-state index >= 15 is 0 Å². The summed E-state index contributed by atoms with van der Waals surface area (Å²) in [6.45, 7) is 3.24. The number of hydrogen-bond acceptors (Lipinski definition) is 2. The summed E-state index contributed by atoms with van der Waals surface area (Å²) in [5.41, 5.74) is -1.11. The number of amides is 1. The normalized spacial score (nSPS) is 13.9. The van der Waals surface area contributed by atoms with Gasteiger partial charge in [-0.15, -0.1) is 0 Å². The van der Waals surface area contributed by atoms with Gasteiger partial charge in [0.1, 0.15) is 11.4 Å². The number of benzene rings is 1. The van der Waals surface area contributed by atoms with E-state index in [1.165, 1.54) is 19.1 Å². The Morgan fingerprint density at radius 2 is 1.80 bits per heavy atom. The molecule has 0 aliphatic rings. The Balaban J connectivity index is 2.94. The first-order chi connectivity index (χ1) is 9.25. The molecular weight excluding hydrogens is 271 g/mol. The standard InChI is InChI=1S/C14H18F3NO2/c1-5-14(2,20-4)13(19)18(3)8-9-6-11(16)12(17)7-10(9)15/h6-7H,5,8H2,1-4H3. The van der Waals surface area contributed by atoms with Crippen LogP contribution < -0.4 is 0 Å². The molecular formula is C14H18F3NO2. The van der Waals surface area contributed by atoms with E-state index in [0.29, 0.717) is 12.5 Å². The zero-order valence-corrected chi connectivity index (χ0v) is 12.0.